The molecule has 1 saturated heterocycles. The van der Waals surface area contributed by atoms with Crippen LogP contribution in [-0.4, -0.2) is 48.1 Å². The number of nitrogens with zero attached hydrogens (tertiary/aromatic N) is 2. The van der Waals surface area contributed by atoms with Crippen LogP contribution in [0.15, 0.2) is 0 Å². The summed E-state index contributed by atoms with van der Waals surface area (Å²) in [4.78, 5) is 15.8. The van der Waals surface area contributed by atoms with Gasteiger partial charge in [-0.05, 0) is 25.7 Å². The Hall–Kier alpha value is -0.770. The van der Waals surface area contributed by atoms with E-state index in [1.54, 1.807) is 0 Å². The zero-order chi connectivity index (χ0) is 11.0. The maximum absolute atomic E-state index is 12.0. The Morgan fingerprint density at radius 3 is 2.67 bits per heavy atom. The number of likely N-dealkylation sites (N-methyl/N-ethyl adjacent to an activating group) is 1. The molecular weight excluding hydrogens is 190 g/mol. The fourth-order valence-corrected chi connectivity index (χ4v) is 2.53. The Morgan fingerprint density at radius 1 is 1.53 bits per heavy atom. The van der Waals surface area contributed by atoms with Gasteiger partial charge in [0.15, 0.2) is 0 Å². The van der Waals surface area contributed by atoms with Crippen molar-refractivity contribution in [2.24, 2.45) is 11.7 Å². The first-order chi connectivity index (χ1) is 7.15. The van der Waals surface area contributed by atoms with E-state index in [2.05, 4.69) is 0 Å². The summed E-state index contributed by atoms with van der Waals surface area (Å²) in [6.45, 7) is 3.45. The van der Waals surface area contributed by atoms with Crippen molar-refractivity contribution in [1.29, 1.82) is 0 Å². The van der Waals surface area contributed by atoms with Crippen LogP contribution in [0.2, 0.25) is 0 Å². The molecule has 0 bridgehead atoms. The van der Waals surface area contributed by atoms with Gasteiger partial charge in [-0.15, -0.1) is 0 Å². The average Bonchev–Trinajstić information content (AvgIpc) is 2.43. The molecule has 0 aromatic carbocycles. The summed E-state index contributed by atoms with van der Waals surface area (Å²) in [6, 6.07) is 0.759. The largest absolute Gasteiger partial charge is 0.328 e. The third kappa shape index (κ3) is 1.71. The number of hydrogen-bond acceptors (Lipinski definition) is 2. The SMILES string of the molecule is CC(CN)N1CC(C2CCC2)N(C)C1=O. The predicted octanol–water partition coefficient (Wildman–Crippen LogP) is 0.870. The van der Waals surface area contributed by atoms with Crippen molar-refractivity contribution >= 4 is 6.03 Å². The maximum Gasteiger partial charge on any atom is 0.320 e. The first-order valence-corrected chi connectivity index (χ1v) is 5.88. The molecule has 15 heavy (non-hydrogen) atoms. The van der Waals surface area contributed by atoms with Crippen molar-refractivity contribution in [2.75, 3.05) is 20.1 Å². The summed E-state index contributed by atoms with van der Waals surface area (Å²) in [5.74, 6) is 0.730. The standard InChI is InChI=1S/C11H21N3O/c1-8(6-12)14-7-10(9-4-3-5-9)13(2)11(14)15/h8-10H,3-7,12H2,1-2H3. The molecule has 2 amide bonds. The van der Waals surface area contributed by atoms with Crippen molar-refractivity contribution in [2.45, 2.75) is 38.3 Å². The summed E-state index contributed by atoms with van der Waals surface area (Å²) in [5, 5.41) is 0. The van der Waals surface area contributed by atoms with Gasteiger partial charge in [0, 0.05) is 26.2 Å². The molecule has 0 aromatic rings. The van der Waals surface area contributed by atoms with Crippen LogP contribution >= 0.6 is 0 Å². The molecule has 4 heteroatoms. The summed E-state index contributed by atoms with van der Waals surface area (Å²) in [7, 11) is 1.93. The molecule has 1 heterocycles. The second kappa shape index (κ2) is 4.00. The van der Waals surface area contributed by atoms with Crippen LogP contribution in [0.25, 0.3) is 0 Å². The number of carbonyl (C=O) groups excluding carboxylic acids is 1. The predicted molar refractivity (Wildman–Crippen MR) is 59.5 cm³/mol. The van der Waals surface area contributed by atoms with E-state index >= 15 is 0 Å². The minimum Gasteiger partial charge on any atom is -0.328 e. The minimum atomic E-state index is 0.157. The number of hydrogen-bond donors (Lipinski definition) is 1. The minimum absolute atomic E-state index is 0.157. The van der Waals surface area contributed by atoms with Gasteiger partial charge < -0.3 is 15.5 Å². The molecule has 0 radical (unpaired) electrons. The summed E-state index contributed by atoms with van der Waals surface area (Å²) in [5.41, 5.74) is 5.62. The number of nitrogens with two attached hydrogens (primary N) is 1. The average molecular weight is 211 g/mol. The number of urea groups is 1. The molecular formula is C11H21N3O. The second-order valence-corrected chi connectivity index (χ2v) is 4.89. The molecule has 2 unspecified atom stereocenters. The molecule has 2 fully saturated rings. The molecule has 0 spiro atoms. The van der Waals surface area contributed by atoms with E-state index in [4.69, 9.17) is 5.73 Å². The van der Waals surface area contributed by atoms with Crippen molar-refractivity contribution in [3.63, 3.8) is 0 Å². The van der Waals surface area contributed by atoms with Gasteiger partial charge in [0.1, 0.15) is 0 Å². The van der Waals surface area contributed by atoms with E-state index in [0.717, 1.165) is 12.5 Å². The van der Waals surface area contributed by atoms with E-state index in [1.165, 1.54) is 19.3 Å². The normalized spacial score (nSPS) is 29.5. The Balaban J connectivity index is 2.02. The molecule has 0 aromatic heterocycles. The Kier molecular flexibility index (Phi) is 2.87. The molecule has 2 N–H and O–H groups in total. The van der Waals surface area contributed by atoms with Gasteiger partial charge in [-0.1, -0.05) is 6.42 Å². The summed E-state index contributed by atoms with van der Waals surface area (Å²) < 4.78 is 0. The van der Waals surface area contributed by atoms with Crippen LogP contribution in [0.1, 0.15) is 26.2 Å². The van der Waals surface area contributed by atoms with E-state index in [1.807, 2.05) is 23.8 Å². The van der Waals surface area contributed by atoms with E-state index in [-0.39, 0.29) is 12.1 Å². The molecule has 2 atom stereocenters. The lowest BCUT2D eigenvalue weighted by Gasteiger charge is -2.34. The Labute approximate surface area is 91.4 Å². The summed E-state index contributed by atoms with van der Waals surface area (Å²) in [6.07, 6.45) is 3.90. The molecule has 2 aliphatic rings. The van der Waals surface area contributed by atoms with E-state index in [9.17, 15) is 4.79 Å². The Bertz CT molecular complexity index is 252. The molecule has 1 saturated carbocycles. The molecule has 4 nitrogen and oxygen atoms in total. The molecule has 2 rings (SSSR count). The van der Waals surface area contributed by atoms with Gasteiger partial charge >= 0.3 is 6.03 Å². The molecule has 1 aliphatic carbocycles. The molecule has 1 aliphatic heterocycles. The van der Waals surface area contributed by atoms with Crippen LogP contribution in [0.3, 0.4) is 0 Å². The smallest absolute Gasteiger partial charge is 0.320 e. The van der Waals surface area contributed by atoms with Crippen molar-refractivity contribution in [3.8, 4) is 0 Å². The lowest BCUT2D eigenvalue weighted by atomic mass is 9.79. The third-order valence-electron chi connectivity index (χ3n) is 4.00. The van der Waals surface area contributed by atoms with Crippen LogP contribution < -0.4 is 5.73 Å². The van der Waals surface area contributed by atoms with Crippen LogP contribution in [0.5, 0.6) is 0 Å². The number of amides is 2. The van der Waals surface area contributed by atoms with Crippen molar-refractivity contribution in [1.82, 2.24) is 9.80 Å². The lowest BCUT2D eigenvalue weighted by molar-refractivity contribution is 0.163. The topological polar surface area (TPSA) is 49.6 Å². The van der Waals surface area contributed by atoms with Crippen LogP contribution in [0.4, 0.5) is 4.79 Å². The van der Waals surface area contributed by atoms with E-state index < -0.39 is 0 Å². The monoisotopic (exact) mass is 211 g/mol. The lowest BCUT2D eigenvalue weighted by Crippen LogP contribution is -2.40. The quantitative estimate of drug-likeness (QED) is 0.753. The fourth-order valence-electron chi connectivity index (χ4n) is 2.53. The van der Waals surface area contributed by atoms with Gasteiger partial charge in [-0.25, -0.2) is 4.79 Å². The van der Waals surface area contributed by atoms with Crippen molar-refractivity contribution < 1.29 is 4.79 Å². The second-order valence-electron chi connectivity index (χ2n) is 4.89. The number of rotatable bonds is 3. The Morgan fingerprint density at radius 2 is 2.20 bits per heavy atom. The van der Waals surface area contributed by atoms with Crippen molar-refractivity contribution in [3.05, 3.63) is 0 Å². The highest BCUT2D eigenvalue weighted by atomic mass is 16.2. The van der Waals surface area contributed by atoms with Crippen LogP contribution in [0, 0.1) is 5.92 Å². The zero-order valence-corrected chi connectivity index (χ0v) is 9.65. The highest BCUT2D eigenvalue weighted by molar-refractivity contribution is 5.77. The van der Waals surface area contributed by atoms with Gasteiger partial charge in [0.2, 0.25) is 0 Å². The molecule has 86 valence electrons. The van der Waals surface area contributed by atoms with Gasteiger partial charge in [0.25, 0.3) is 0 Å². The van der Waals surface area contributed by atoms with Crippen LogP contribution in [-0.2, 0) is 0 Å². The van der Waals surface area contributed by atoms with E-state index in [0.29, 0.717) is 12.6 Å². The fraction of sp³-hybridized carbons (Fsp3) is 0.909. The summed E-state index contributed by atoms with van der Waals surface area (Å²) >= 11 is 0. The highest BCUT2D eigenvalue weighted by Crippen LogP contribution is 2.35. The van der Waals surface area contributed by atoms with Gasteiger partial charge in [-0.2, -0.15) is 0 Å². The first kappa shape index (κ1) is 10.7. The first-order valence-electron chi connectivity index (χ1n) is 5.88. The highest BCUT2D eigenvalue weighted by Gasteiger charge is 2.42. The third-order valence-corrected chi connectivity index (χ3v) is 4.00. The maximum atomic E-state index is 12.0. The zero-order valence-electron chi connectivity index (χ0n) is 9.65. The van der Waals surface area contributed by atoms with Gasteiger partial charge in [-0.3, -0.25) is 0 Å². The van der Waals surface area contributed by atoms with Gasteiger partial charge in [0.05, 0.1) is 6.04 Å². The number of carbonyl (C=O) groups is 1.